The van der Waals surface area contributed by atoms with Gasteiger partial charge < -0.3 is 5.32 Å². The average Bonchev–Trinajstić information content (AvgIpc) is 2.19. The number of nitrogens with zero attached hydrogens (tertiary/aromatic N) is 2. The molecule has 0 atom stereocenters. The SMILES string of the molecule is C#CCCCCNc1ccncn1. The number of terminal acetylenes is 1. The van der Waals surface area contributed by atoms with Gasteiger partial charge in [-0.3, -0.25) is 0 Å². The Kier molecular flexibility index (Phi) is 4.41. The Balaban J connectivity index is 2.11. The molecule has 1 N–H and O–H groups in total. The Morgan fingerprint density at radius 1 is 1.46 bits per heavy atom. The van der Waals surface area contributed by atoms with Crippen molar-refractivity contribution in [2.75, 3.05) is 11.9 Å². The van der Waals surface area contributed by atoms with Gasteiger partial charge in [-0.2, -0.15) is 0 Å². The fourth-order valence-electron chi connectivity index (χ4n) is 0.964. The third-order valence-corrected chi connectivity index (χ3v) is 1.64. The van der Waals surface area contributed by atoms with E-state index < -0.39 is 0 Å². The Hall–Kier alpha value is -1.56. The Morgan fingerprint density at radius 2 is 2.38 bits per heavy atom. The van der Waals surface area contributed by atoms with Crippen molar-refractivity contribution in [2.24, 2.45) is 0 Å². The quantitative estimate of drug-likeness (QED) is 0.546. The van der Waals surface area contributed by atoms with Crippen molar-refractivity contribution in [3.05, 3.63) is 18.6 Å². The predicted molar refractivity (Wildman–Crippen MR) is 53.2 cm³/mol. The summed E-state index contributed by atoms with van der Waals surface area (Å²) >= 11 is 0. The lowest BCUT2D eigenvalue weighted by atomic mass is 10.2. The molecule has 1 rings (SSSR count). The molecule has 0 aliphatic carbocycles. The van der Waals surface area contributed by atoms with Gasteiger partial charge in [-0.15, -0.1) is 12.3 Å². The zero-order valence-electron chi connectivity index (χ0n) is 7.53. The van der Waals surface area contributed by atoms with Gasteiger partial charge in [-0.25, -0.2) is 9.97 Å². The van der Waals surface area contributed by atoms with E-state index in [1.54, 1.807) is 6.20 Å². The highest BCUT2D eigenvalue weighted by molar-refractivity contribution is 5.30. The molecule has 0 unspecified atom stereocenters. The summed E-state index contributed by atoms with van der Waals surface area (Å²) in [5.74, 6) is 3.48. The van der Waals surface area contributed by atoms with Crippen LogP contribution >= 0.6 is 0 Å². The minimum Gasteiger partial charge on any atom is -0.370 e. The van der Waals surface area contributed by atoms with Crippen molar-refractivity contribution < 1.29 is 0 Å². The molecule has 0 aliphatic heterocycles. The van der Waals surface area contributed by atoms with Crippen molar-refractivity contribution in [2.45, 2.75) is 19.3 Å². The van der Waals surface area contributed by atoms with Crippen LogP contribution in [0.5, 0.6) is 0 Å². The third-order valence-electron chi connectivity index (χ3n) is 1.64. The van der Waals surface area contributed by atoms with Gasteiger partial charge in [0.1, 0.15) is 12.1 Å². The largest absolute Gasteiger partial charge is 0.370 e. The summed E-state index contributed by atoms with van der Waals surface area (Å²) in [6.45, 7) is 0.915. The molecule has 0 saturated carbocycles. The average molecular weight is 175 g/mol. The maximum atomic E-state index is 5.13. The van der Waals surface area contributed by atoms with Crippen LogP contribution in [0.1, 0.15) is 19.3 Å². The zero-order valence-corrected chi connectivity index (χ0v) is 7.53. The maximum absolute atomic E-state index is 5.13. The van der Waals surface area contributed by atoms with Crippen molar-refractivity contribution in [3.8, 4) is 12.3 Å². The fraction of sp³-hybridized carbons (Fsp3) is 0.400. The Morgan fingerprint density at radius 3 is 3.08 bits per heavy atom. The number of nitrogens with one attached hydrogen (secondary N) is 1. The number of hydrogen-bond acceptors (Lipinski definition) is 3. The fourth-order valence-corrected chi connectivity index (χ4v) is 0.964. The summed E-state index contributed by atoms with van der Waals surface area (Å²) in [5, 5.41) is 3.18. The van der Waals surface area contributed by atoms with Crippen LogP contribution < -0.4 is 5.32 Å². The van der Waals surface area contributed by atoms with Crippen LogP contribution in [0, 0.1) is 12.3 Å². The Labute approximate surface area is 78.6 Å². The molecular formula is C10H13N3. The van der Waals surface area contributed by atoms with E-state index in [1.165, 1.54) is 6.33 Å². The lowest BCUT2D eigenvalue weighted by molar-refractivity contribution is 0.787. The Bertz CT molecular complexity index is 263. The molecule has 13 heavy (non-hydrogen) atoms. The van der Waals surface area contributed by atoms with Gasteiger partial charge in [0.2, 0.25) is 0 Å². The number of hydrogen-bond donors (Lipinski definition) is 1. The highest BCUT2D eigenvalue weighted by Crippen LogP contribution is 1.99. The molecule has 1 heterocycles. The van der Waals surface area contributed by atoms with Crippen LogP contribution in [-0.2, 0) is 0 Å². The van der Waals surface area contributed by atoms with Gasteiger partial charge in [0, 0.05) is 19.2 Å². The van der Waals surface area contributed by atoms with Gasteiger partial charge >= 0.3 is 0 Å². The molecule has 0 bridgehead atoms. The summed E-state index contributed by atoms with van der Waals surface area (Å²) in [6, 6.07) is 1.85. The standard InChI is InChI=1S/C10H13N3/c1-2-3-4-5-7-12-10-6-8-11-9-13-10/h1,6,8-9H,3-5,7H2,(H,11,12,13). The van der Waals surface area contributed by atoms with E-state index in [0.29, 0.717) is 0 Å². The molecule has 0 spiro atoms. The monoisotopic (exact) mass is 175 g/mol. The smallest absolute Gasteiger partial charge is 0.129 e. The second-order valence-corrected chi connectivity index (χ2v) is 2.68. The highest BCUT2D eigenvalue weighted by atomic mass is 15.0. The summed E-state index contributed by atoms with van der Waals surface area (Å²) in [5.41, 5.74) is 0. The third kappa shape index (κ3) is 4.12. The first-order valence-corrected chi connectivity index (χ1v) is 4.37. The molecule has 0 saturated heterocycles. The first-order chi connectivity index (χ1) is 6.43. The maximum Gasteiger partial charge on any atom is 0.129 e. The molecule has 0 aliphatic rings. The zero-order chi connectivity index (χ0) is 9.36. The van der Waals surface area contributed by atoms with Crippen molar-refractivity contribution in [3.63, 3.8) is 0 Å². The van der Waals surface area contributed by atoms with Crippen LogP contribution in [0.3, 0.4) is 0 Å². The molecule has 3 nitrogen and oxygen atoms in total. The molecule has 3 heteroatoms. The van der Waals surface area contributed by atoms with E-state index in [-0.39, 0.29) is 0 Å². The number of anilines is 1. The van der Waals surface area contributed by atoms with Crippen LogP contribution in [0.2, 0.25) is 0 Å². The van der Waals surface area contributed by atoms with Gasteiger partial charge in [0.05, 0.1) is 0 Å². The van der Waals surface area contributed by atoms with Crippen LogP contribution in [0.4, 0.5) is 5.82 Å². The van der Waals surface area contributed by atoms with E-state index in [9.17, 15) is 0 Å². The summed E-state index contributed by atoms with van der Waals surface area (Å²) in [4.78, 5) is 7.86. The highest BCUT2D eigenvalue weighted by Gasteiger charge is 1.90. The van der Waals surface area contributed by atoms with E-state index in [4.69, 9.17) is 6.42 Å². The number of rotatable bonds is 5. The molecular weight excluding hydrogens is 162 g/mol. The van der Waals surface area contributed by atoms with Gasteiger partial charge in [0.15, 0.2) is 0 Å². The number of aromatic nitrogens is 2. The molecule has 68 valence electrons. The summed E-state index contributed by atoms with van der Waals surface area (Å²) in [6.07, 6.45) is 11.4. The van der Waals surface area contributed by atoms with Crippen molar-refractivity contribution in [1.29, 1.82) is 0 Å². The van der Waals surface area contributed by atoms with Gasteiger partial charge in [-0.05, 0) is 18.9 Å². The molecule has 1 aromatic heterocycles. The molecule has 0 aromatic carbocycles. The van der Waals surface area contributed by atoms with E-state index >= 15 is 0 Å². The lowest BCUT2D eigenvalue weighted by Crippen LogP contribution is -2.02. The minimum atomic E-state index is 0.853. The summed E-state index contributed by atoms with van der Waals surface area (Å²) < 4.78 is 0. The predicted octanol–water partition coefficient (Wildman–Crippen LogP) is 1.69. The normalized spacial score (nSPS) is 9.15. The number of unbranched alkanes of at least 4 members (excludes halogenated alkanes) is 2. The molecule has 0 radical (unpaired) electrons. The summed E-state index contributed by atoms with van der Waals surface area (Å²) in [7, 11) is 0. The second kappa shape index (κ2) is 6.01. The molecule has 0 amide bonds. The lowest BCUT2D eigenvalue weighted by Gasteiger charge is -2.02. The van der Waals surface area contributed by atoms with E-state index in [1.807, 2.05) is 6.07 Å². The van der Waals surface area contributed by atoms with Crippen LogP contribution in [-0.4, -0.2) is 16.5 Å². The van der Waals surface area contributed by atoms with Gasteiger partial charge in [-0.1, -0.05) is 0 Å². The molecule has 1 aromatic rings. The van der Waals surface area contributed by atoms with Crippen LogP contribution in [0.15, 0.2) is 18.6 Å². The first kappa shape index (κ1) is 9.53. The van der Waals surface area contributed by atoms with E-state index in [0.717, 1.165) is 31.6 Å². The topological polar surface area (TPSA) is 37.8 Å². The molecule has 0 fully saturated rings. The minimum absolute atomic E-state index is 0.853. The van der Waals surface area contributed by atoms with E-state index in [2.05, 4.69) is 21.2 Å². The van der Waals surface area contributed by atoms with Crippen LogP contribution in [0.25, 0.3) is 0 Å². The first-order valence-electron chi connectivity index (χ1n) is 4.37. The van der Waals surface area contributed by atoms with Crippen molar-refractivity contribution in [1.82, 2.24) is 9.97 Å². The second-order valence-electron chi connectivity index (χ2n) is 2.68. The van der Waals surface area contributed by atoms with Gasteiger partial charge in [0.25, 0.3) is 0 Å². The van der Waals surface area contributed by atoms with Crippen molar-refractivity contribution >= 4 is 5.82 Å².